The number of aromatic nitrogens is 2. The van der Waals surface area contributed by atoms with Crippen LogP contribution >= 0.6 is 0 Å². The number of hydrogen-bond acceptors (Lipinski definition) is 8. The van der Waals surface area contributed by atoms with Gasteiger partial charge in [0.05, 0.1) is 12.7 Å². The lowest BCUT2D eigenvalue weighted by atomic mass is 9.77. The van der Waals surface area contributed by atoms with Crippen LogP contribution in [0.5, 0.6) is 11.5 Å². The standard InChI is InChI=1S/C29H41F5N6O2/c1-17(2)40-11-10-23(29(33,34)16-40)41-21-9-8-18(12-22(21)42-25(31)32)37-26-35-15-20(30)24(38-26)36-19-13-27(3,4)39(7)28(5,6)14-19/h8-9,12,15,17,19,23,25H,10-11,13-14,16H2,1-7H3,(H2,35,36,37,38). The second-order valence-corrected chi connectivity index (χ2v) is 12.7. The summed E-state index contributed by atoms with van der Waals surface area (Å²) in [5.74, 6) is -4.47. The largest absolute Gasteiger partial charge is 0.480 e. The molecule has 3 heterocycles. The van der Waals surface area contributed by atoms with Gasteiger partial charge >= 0.3 is 6.61 Å². The molecule has 1 aromatic heterocycles. The highest BCUT2D eigenvalue weighted by Crippen LogP contribution is 2.39. The van der Waals surface area contributed by atoms with Gasteiger partial charge in [0.15, 0.2) is 29.2 Å². The molecule has 0 bridgehead atoms. The molecule has 234 valence electrons. The van der Waals surface area contributed by atoms with Crippen LogP contribution in [-0.2, 0) is 0 Å². The maximum absolute atomic E-state index is 14.8. The first-order valence-corrected chi connectivity index (χ1v) is 14.1. The van der Waals surface area contributed by atoms with Gasteiger partial charge in [-0.05, 0) is 73.6 Å². The van der Waals surface area contributed by atoms with E-state index in [1.807, 2.05) is 13.8 Å². The Kier molecular flexibility index (Phi) is 9.13. The number of ether oxygens (including phenoxy) is 2. The molecule has 4 rings (SSSR count). The Balaban J connectivity index is 1.51. The van der Waals surface area contributed by atoms with Crippen molar-refractivity contribution in [3.05, 3.63) is 30.2 Å². The zero-order chi connectivity index (χ0) is 31.0. The summed E-state index contributed by atoms with van der Waals surface area (Å²) in [4.78, 5) is 12.2. The molecular weight excluding hydrogens is 559 g/mol. The van der Waals surface area contributed by atoms with Gasteiger partial charge in [-0.3, -0.25) is 9.80 Å². The Labute approximate surface area is 244 Å². The summed E-state index contributed by atoms with van der Waals surface area (Å²) in [5.41, 5.74) is -0.0484. The number of hydrogen-bond donors (Lipinski definition) is 2. The molecule has 0 aliphatic carbocycles. The van der Waals surface area contributed by atoms with Crippen LogP contribution in [0.15, 0.2) is 24.4 Å². The number of likely N-dealkylation sites (tertiary alicyclic amines) is 2. The molecule has 42 heavy (non-hydrogen) atoms. The van der Waals surface area contributed by atoms with E-state index in [0.29, 0.717) is 6.54 Å². The average molecular weight is 601 g/mol. The first-order chi connectivity index (χ1) is 19.5. The SMILES string of the molecule is CC(C)N1CCC(Oc2ccc(Nc3ncc(F)c(NC4CC(C)(C)N(C)C(C)(C)C4)n3)cc2OC(F)F)C(F)(F)C1. The average Bonchev–Trinajstić information content (AvgIpc) is 2.86. The lowest BCUT2D eigenvalue weighted by Gasteiger charge is -2.53. The number of piperidine rings is 2. The molecule has 13 heteroatoms. The highest BCUT2D eigenvalue weighted by atomic mass is 19.3. The fraction of sp³-hybridized carbons (Fsp3) is 0.655. The van der Waals surface area contributed by atoms with Gasteiger partial charge in [0.2, 0.25) is 5.95 Å². The zero-order valence-corrected chi connectivity index (χ0v) is 25.1. The van der Waals surface area contributed by atoms with E-state index in [1.54, 1.807) is 4.90 Å². The molecule has 8 nitrogen and oxygen atoms in total. The van der Waals surface area contributed by atoms with Crippen molar-refractivity contribution >= 4 is 17.5 Å². The number of rotatable bonds is 9. The summed E-state index contributed by atoms with van der Waals surface area (Å²) in [6.45, 7) is 8.86. The van der Waals surface area contributed by atoms with Gasteiger partial charge in [0.1, 0.15) is 0 Å². The van der Waals surface area contributed by atoms with Gasteiger partial charge in [-0.2, -0.15) is 13.8 Å². The quantitative estimate of drug-likeness (QED) is 0.315. The van der Waals surface area contributed by atoms with E-state index < -0.39 is 36.7 Å². The molecule has 0 saturated carbocycles. The van der Waals surface area contributed by atoms with E-state index >= 15 is 0 Å². The fourth-order valence-corrected chi connectivity index (χ4v) is 5.88. The van der Waals surface area contributed by atoms with Crippen molar-refractivity contribution in [1.82, 2.24) is 19.8 Å². The summed E-state index contributed by atoms with van der Waals surface area (Å²) in [6.07, 6.45) is 1.04. The number of benzene rings is 1. The van der Waals surface area contributed by atoms with E-state index in [2.05, 4.69) is 65.0 Å². The van der Waals surface area contributed by atoms with Gasteiger partial charge in [-0.1, -0.05) is 0 Å². The van der Waals surface area contributed by atoms with Crippen LogP contribution in [0.4, 0.5) is 39.4 Å². The number of nitrogens with one attached hydrogen (secondary N) is 2. The first kappa shape index (κ1) is 32.0. The minimum atomic E-state index is -3.22. The molecule has 1 unspecified atom stereocenters. The third-order valence-corrected chi connectivity index (χ3v) is 8.37. The maximum Gasteiger partial charge on any atom is 0.387 e. The fourth-order valence-electron chi connectivity index (χ4n) is 5.88. The highest BCUT2D eigenvalue weighted by Gasteiger charge is 2.47. The predicted molar refractivity (Wildman–Crippen MR) is 152 cm³/mol. The minimum Gasteiger partial charge on any atom is -0.480 e. The van der Waals surface area contributed by atoms with Crippen molar-refractivity contribution in [2.45, 2.75) is 103 Å². The zero-order valence-electron chi connectivity index (χ0n) is 25.1. The third kappa shape index (κ3) is 7.34. The summed E-state index contributed by atoms with van der Waals surface area (Å²) >= 11 is 0. The van der Waals surface area contributed by atoms with E-state index in [1.165, 1.54) is 18.2 Å². The Morgan fingerprint density at radius 3 is 2.31 bits per heavy atom. The molecule has 1 atom stereocenters. The molecule has 2 fully saturated rings. The molecule has 0 amide bonds. The van der Waals surface area contributed by atoms with E-state index in [4.69, 9.17) is 4.74 Å². The Hall–Kier alpha value is -2.93. The molecule has 1 aromatic carbocycles. The topological polar surface area (TPSA) is 74.8 Å². The lowest BCUT2D eigenvalue weighted by molar-refractivity contribution is -0.145. The first-order valence-electron chi connectivity index (χ1n) is 14.1. The molecule has 0 spiro atoms. The maximum atomic E-state index is 14.8. The van der Waals surface area contributed by atoms with E-state index in [0.717, 1.165) is 19.0 Å². The molecule has 2 aromatic rings. The summed E-state index contributed by atoms with van der Waals surface area (Å²) < 4.78 is 81.1. The second kappa shape index (κ2) is 12.0. The Morgan fingerprint density at radius 2 is 1.71 bits per heavy atom. The van der Waals surface area contributed by atoms with Crippen molar-refractivity contribution in [1.29, 1.82) is 0 Å². The van der Waals surface area contributed by atoms with Crippen LogP contribution in [0, 0.1) is 5.82 Å². The lowest BCUT2D eigenvalue weighted by Crippen LogP contribution is -2.61. The van der Waals surface area contributed by atoms with Crippen LogP contribution in [0.25, 0.3) is 0 Å². The molecule has 2 saturated heterocycles. The third-order valence-electron chi connectivity index (χ3n) is 8.37. The van der Waals surface area contributed by atoms with E-state index in [9.17, 15) is 22.0 Å². The van der Waals surface area contributed by atoms with E-state index in [-0.39, 0.29) is 52.8 Å². The van der Waals surface area contributed by atoms with Gasteiger partial charge in [-0.15, -0.1) is 0 Å². The molecule has 2 N–H and O–H groups in total. The number of nitrogens with zero attached hydrogens (tertiary/aromatic N) is 4. The van der Waals surface area contributed by atoms with Crippen LogP contribution in [0.1, 0.15) is 60.8 Å². The van der Waals surface area contributed by atoms with Crippen LogP contribution in [0.3, 0.4) is 0 Å². The smallest absolute Gasteiger partial charge is 0.387 e. The Bertz CT molecular complexity index is 1230. The van der Waals surface area contributed by atoms with Crippen molar-refractivity contribution in [3.8, 4) is 11.5 Å². The summed E-state index contributed by atoms with van der Waals surface area (Å²) in [6, 6.07) is 3.78. The molecule has 0 radical (unpaired) electrons. The van der Waals surface area contributed by atoms with Gasteiger partial charge in [-0.25, -0.2) is 18.2 Å². The highest BCUT2D eigenvalue weighted by molar-refractivity contribution is 5.60. The van der Waals surface area contributed by atoms with Crippen molar-refractivity contribution in [2.24, 2.45) is 0 Å². The van der Waals surface area contributed by atoms with Crippen molar-refractivity contribution < 1.29 is 31.4 Å². The van der Waals surface area contributed by atoms with Gasteiger partial charge in [0, 0.05) is 47.9 Å². The van der Waals surface area contributed by atoms with Gasteiger partial charge in [0.25, 0.3) is 5.92 Å². The normalized spacial score (nSPS) is 22.8. The van der Waals surface area contributed by atoms with Gasteiger partial charge < -0.3 is 20.1 Å². The Morgan fingerprint density at radius 1 is 1.05 bits per heavy atom. The number of halogens is 5. The summed E-state index contributed by atoms with van der Waals surface area (Å²) in [5, 5.41) is 6.06. The molecule has 2 aliphatic heterocycles. The van der Waals surface area contributed by atoms with Crippen LogP contribution in [0.2, 0.25) is 0 Å². The van der Waals surface area contributed by atoms with Crippen LogP contribution < -0.4 is 20.1 Å². The molecular formula is C29H41F5N6O2. The number of anilines is 3. The molecule has 2 aliphatic rings. The number of alkyl halides is 4. The predicted octanol–water partition coefficient (Wildman–Crippen LogP) is 6.52. The van der Waals surface area contributed by atoms with Crippen molar-refractivity contribution in [2.75, 3.05) is 30.8 Å². The van der Waals surface area contributed by atoms with Crippen LogP contribution in [-0.4, -0.2) is 81.7 Å². The monoisotopic (exact) mass is 600 g/mol. The summed E-state index contributed by atoms with van der Waals surface area (Å²) in [7, 11) is 2.08. The second-order valence-electron chi connectivity index (χ2n) is 12.7. The minimum absolute atomic E-state index is 0.00707. The van der Waals surface area contributed by atoms with Crippen molar-refractivity contribution in [3.63, 3.8) is 0 Å².